The summed E-state index contributed by atoms with van der Waals surface area (Å²) in [4.78, 5) is 0. The van der Waals surface area contributed by atoms with Crippen molar-refractivity contribution in [3.63, 3.8) is 0 Å². The summed E-state index contributed by atoms with van der Waals surface area (Å²) < 4.78 is 5.61. The molecule has 0 aliphatic heterocycles. The second-order valence-corrected chi connectivity index (χ2v) is 5.34. The molecular weight excluding hydrogens is 186 g/mol. The molecule has 2 atom stereocenters. The molecule has 0 aromatic rings. The van der Waals surface area contributed by atoms with Crippen LogP contribution in [0, 0.1) is 11.8 Å². The normalized spacial score (nSPS) is 31.0. The number of hydrogen-bond acceptors (Lipinski definition) is 2. The molecule has 2 saturated carbocycles. The van der Waals surface area contributed by atoms with Crippen molar-refractivity contribution in [1.29, 1.82) is 0 Å². The third-order valence-corrected chi connectivity index (χ3v) is 3.78. The van der Waals surface area contributed by atoms with Gasteiger partial charge in [-0.3, -0.25) is 0 Å². The highest BCUT2D eigenvalue weighted by Gasteiger charge is 2.22. The van der Waals surface area contributed by atoms with Crippen LogP contribution in [0.3, 0.4) is 0 Å². The predicted octanol–water partition coefficient (Wildman–Crippen LogP) is 2.58. The van der Waals surface area contributed by atoms with E-state index in [1.165, 1.54) is 38.5 Å². The summed E-state index contributed by atoms with van der Waals surface area (Å²) in [7, 11) is 0. The van der Waals surface area contributed by atoms with Gasteiger partial charge in [-0.15, -0.1) is 0 Å². The summed E-state index contributed by atoms with van der Waals surface area (Å²) in [6.45, 7) is 5.47. The fourth-order valence-corrected chi connectivity index (χ4v) is 2.44. The Morgan fingerprint density at radius 2 is 2.07 bits per heavy atom. The molecule has 2 rings (SSSR count). The zero-order chi connectivity index (χ0) is 10.5. The molecule has 1 N–H and O–H groups in total. The Morgan fingerprint density at radius 1 is 1.20 bits per heavy atom. The van der Waals surface area contributed by atoms with Crippen LogP contribution in [0.25, 0.3) is 0 Å². The molecule has 0 radical (unpaired) electrons. The lowest BCUT2D eigenvalue weighted by Gasteiger charge is -2.17. The fourth-order valence-electron chi connectivity index (χ4n) is 2.44. The Kier molecular flexibility index (Phi) is 4.45. The molecule has 88 valence electrons. The standard InChI is InChI=1S/C13H25NO/c1-11-4-2-5-13(11)14-8-3-9-15-10-12-6-7-12/h11-14H,2-10H2,1H3. The van der Waals surface area contributed by atoms with E-state index in [2.05, 4.69) is 12.2 Å². The van der Waals surface area contributed by atoms with Crippen LogP contribution < -0.4 is 5.32 Å². The quantitative estimate of drug-likeness (QED) is 0.654. The van der Waals surface area contributed by atoms with Crippen molar-refractivity contribution in [1.82, 2.24) is 5.32 Å². The summed E-state index contributed by atoms with van der Waals surface area (Å²) in [5.74, 6) is 1.80. The van der Waals surface area contributed by atoms with E-state index in [1.54, 1.807) is 0 Å². The maximum Gasteiger partial charge on any atom is 0.0494 e. The average molecular weight is 211 g/mol. The molecule has 0 aromatic heterocycles. The van der Waals surface area contributed by atoms with Gasteiger partial charge in [-0.1, -0.05) is 13.3 Å². The van der Waals surface area contributed by atoms with Crippen molar-refractivity contribution in [2.45, 2.75) is 51.5 Å². The highest BCUT2D eigenvalue weighted by Crippen LogP contribution is 2.28. The molecule has 2 aliphatic rings. The average Bonchev–Trinajstić information content (AvgIpc) is 2.96. The number of hydrogen-bond donors (Lipinski definition) is 1. The van der Waals surface area contributed by atoms with E-state index in [0.29, 0.717) is 0 Å². The van der Waals surface area contributed by atoms with Gasteiger partial charge in [-0.05, 0) is 50.5 Å². The topological polar surface area (TPSA) is 21.3 Å². The van der Waals surface area contributed by atoms with Crippen LogP contribution in [-0.2, 0) is 4.74 Å². The number of ether oxygens (including phenoxy) is 1. The Hall–Kier alpha value is -0.0800. The Labute approximate surface area is 93.8 Å². The lowest BCUT2D eigenvalue weighted by atomic mass is 10.1. The van der Waals surface area contributed by atoms with Crippen LogP contribution in [-0.4, -0.2) is 25.8 Å². The Bertz CT molecular complexity index is 179. The van der Waals surface area contributed by atoms with Gasteiger partial charge >= 0.3 is 0 Å². The van der Waals surface area contributed by atoms with E-state index in [-0.39, 0.29) is 0 Å². The summed E-state index contributed by atoms with van der Waals surface area (Å²) >= 11 is 0. The van der Waals surface area contributed by atoms with Crippen molar-refractivity contribution in [3.05, 3.63) is 0 Å². The summed E-state index contributed by atoms with van der Waals surface area (Å²) in [6.07, 6.45) is 8.18. The van der Waals surface area contributed by atoms with Crippen molar-refractivity contribution in [2.75, 3.05) is 19.8 Å². The maximum atomic E-state index is 5.61. The van der Waals surface area contributed by atoms with Crippen LogP contribution in [0.2, 0.25) is 0 Å². The Balaban J connectivity index is 1.40. The van der Waals surface area contributed by atoms with Crippen molar-refractivity contribution < 1.29 is 4.74 Å². The largest absolute Gasteiger partial charge is 0.381 e. The van der Waals surface area contributed by atoms with Gasteiger partial charge in [-0.2, -0.15) is 0 Å². The fraction of sp³-hybridized carbons (Fsp3) is 1.00. The van der Waals surface area contributed by atoms with Crippen molar-refractivity contribution in [2.24, 2.45) is 11.8 Å². The van der Waals surface area contributed by atoms with Crippen LogP contribution in [0.15, 0.2) is 0 Å². The molecule has 2 aliphatic carbocycles. The first-order valence-electron chi connectivity index (χ1n) is 6.67. The van der Waals surface area contributed by atoms with Gasteiger partial charge in [-0.25, -0.2) is 0 Å². The third-order valence-electron chi connectivity index (χ3n) is 3.78. The second kappa shape index (κ2) is 5.86. The maximum absolute atomic E-state index is 5.61. The third kappa shape index (κ3) is 4.12. The van der Waals surface area contributed by atoms with Crippen LogP contribution in [0.4, 0.5) is 0 Å². The SMILES string of the molecule is CC1CCCC1NCCCOCC1CC1. The monoisotopic (exact) mass is 211 g/mol. The number of rotatable bonds is 7. The molecule has 0 spiro atoms. The molecule has 15 heavy (non-hydrogen) atoms. The molecular formula is C13H25NO. The van der Waals surface area contributed by atoms with E-state index in [1.807, 2.05) is 0 Å². The lowest BCUT2D eigenvalue weighted by molar-refractivity contribution is 0.121. The van der Waals surface area contributed by atoms with Crippen LogP contribution in [0.5, 0.6) is 0 Å². The highest BCUT2D eigenvalue weighted by atomic mass is 16.5. The van der Waals surface area contributed by atoms with Crippen molar-refractivity contribution >= 4 is 0 Å². The van der Waals surface area contributed by atoms with Gasteiger partial charge < -0.3 is 10.1 Å². The minimum Gasteiger partial charge on any atom is -0.381 e. The summed E-state index contributed by atoms with van der Waals surface area (Å²) in [5.41, 5.74) is 0. The predicted molar refractivity (Wildman–Crippen MR) is 63.0 cm³/mol. The lowest BCUT2D eigenvalue weighted by Crippen LogP contribution is -2.32. The molecule has 0 saturated heterocycles. The van der Waals surface area contributed by atoms with Gasteiger partial charge in [0, 0.05) is 19.3 Å². The number of nitrogens with one attached hydrogen (secondary N) is 1. The van der Waals surface area contributed by atoms with Gasteiger partial charge in [0.1, 0.15) is 0 Å². The van der Waals surface area contributed by atoms with Gasteiger partial charge in [0.2, 0.25) is 0 Å². The smallest absolute Gasteiger partial charge is 0.0494 e. The zero-order valence-electron chi connectivity index (χ0n) is 10.0. The molecule has 2 nitrogen and oxygen atoms in total. The van der Waals surface area contributed by atoms with Gasteiger partial charge in [0.15, 0.2) is 0 Å². The minimum atomic E-state index is 0.786. The first-order valence-corrected chi connectivity index (χ1v) is 6.67. The van der Waals surface area contributed by atoms with E-state index >= 15 is 0 Å². The molecule has 2 fully saturated rings. The summed E-state index contributed by atoms with van der Waals surface area (Å²) in [5, 5.41) is 3.66. The van der Waals surface area contributed by atoms with E-state index < -0.39 is 0 Å². The first-order chi connectivity index (χ1) is 7.36. The molecule has 0 bridgehead atoms. The first kappa shape index (κ1) is 11.4. The van der Waals surface area contributed by atoms with Gasteiger partial charge in [0.25, 0.3) is 0 Å². The molecule has 0 aromatic carbocycles. The molecule has 2 heteroatoms. The Morgan fingerprint density at radius 3 is 2.73 bits per heavy atom. The van der Waals surface area contributed by atoms with E-state index in [4.69, 9.17) is 4.74 Å². The van der Waals surface area contributed by atoms with Gasteiger partial charge in [0.05, 0.1) is 0 Å². The molecule has 2 unspecified atom stereocenters. The van der Waals surface area contributed by atoms with E-state index in [9.17, 15) is 0 Å². The summed E-state index contributed by atoms with van der Waals surface area (Å²) in [6, 6.07) is 0.786. The zero-order valence-corrected chi connectivity index (χ0v) is 10.0. The highest BCUT2D eigenvalue weighted by molar-refractivity contribution is 4.79. The minimum absolute atomic E-state index is 0.786. The van der Waals surface area contributed by atoms with E-state index in [0.717, 1.165) is 37.6 Å². The van der Waals surface area contributed by atoms with Crippen molar-refractivity contribution in [3.8, 4) is 0 Å². The van der Waals surface area contributed by atoms with Crippen LogP contribution in [0.1, 0.15) is 45.4 Å². The molecule has 0 amide bonds. The molecule has 0 heterocycles. The van der Waals surface area contributed by atoms with Crippen LogP contribution >= 0.6 is 0 Å². The second-order valence-electron chi connectivity index (χ2n) is 5.34.